The number of hydrogen-bond acceptors (Lipinski definition) is 4. The molecule has 9 aromatic rings. The van der Waals surface area contributed by atoms with Crippen LogP contribution in [0.5, 0.6) is 0 Å². The zero-order valence-electron chi connectivity index (χ0n) is 33.7. The third-order valence-corrected chi connectivity index (χ3v) is 14.2. The van der Waals surface area contributed by atoms with Crippen LogP contribution >= 0.6 is 11.8 Å². The van der Waals surface area contributed by atoms with E-state index in [2.05, 4.69) is 188 Å². The molecular formula is C58H37N3S. The van der Waals surface area contributed by atoms with Crippen molar-refractivity contribution in [2.75, 3.05) is 0 Å². The Morgan fingerprint density at radius 2 is 1.06 bits per heavy atom. The summed E-state index contributed by atoms with van der Waals surface area (Å²) in [7, 11) is 0. The smallest absolute Gasteiger partial charge is 0.160 e. The van der Waals surface area contributed by atoms with Crippen LogP contribution in [0.25, 0.3) is 50.6 Å². The summed E-state index contributed by atoms with van der Waals surface area (Å²) in [4.78, 5) is 13.2. The van der Waals surface area contributed by atoms with E-state index in [4.69, 9.17) is 9.97 Å². The lowest BCUT2D eigenvalue weighted by Gasteiger charge is -2.39. The summed E-state index contributed by atoms with van der Waals surface area (Å²) < 4.78 is 0. The number of fused-ring (bicyclic) bond motifs is 10. The molecule has 4 heteroatoms. The third kappa shape index (κ3) is 5.59. The highest BCUT2D eigenvalue weighted by Crippen LogP contribution is 2.64. The highest BCUT2D eigenvalue weighted by atomic mass is 32.2. The molecule has 8 aromatic carbocycles. The molecule has 0 N–H and O–H groups in total. The first-order chi connectivity index (χ1) is 30.7. The van der Waals surface area contributed by atoms with Gasteiger partial charge in [0.25, 0.3) is 0 Å². The average Bonchev–Trinajstić information content (AvgIpc) is 3.64. The lowest BCUT2D eigenvalue weighted by Crippen LogP contribution is -2.32. The largest absolute Gasteiger partial charge is 0.228 e. The van der Waals surface area contributed by atoms with Crippen molar-refractivity contribution in [2.45, 2.75) is 27.5 Å². The molecule has 0 radical (unpaired) electrons. The van der Waals surface area contributed by atoms with E-state index in [-0.39, 0.29) is 5.92 Å². The summed E-state index contributed by atoms with van der Waals surface area (Å²) in [6.45, 7) is 0. The van der Waals surface area contributed by atoms with Crippen molar-refractivity contribution in [3.8, 4) is 51.1 Å². The number of benzene rings is 8. The van der Waals surface area contributed by atoms with Crippen LogP contribution in [0.1, 0.15) is 62.4 Å². The van der Waals surface area contributed by atoms with Crippen molar-refractivity contribution in [2.24, 2.45) is 0 Å². The Labute approximate surface area is 365 Å². The number of nitrogens with zero attached hydrogens (tertiary/aromatic N) is 3. The maximum atomic E-state index is 9.53. The first-order valence-corrected chi connectivity index (χ1v) is 22.0. The average molecular weight is 808 g/mol. The predicted molar refractivity (Wildman–Crippen MR) is 251 cm³/mol. The molecule has 1 aromatic heterocycles. The van der Waals surface area contributed by atoms with Gasteiger partial charge in [-0.3, -0.25) is 0 Å². The second kappa shape index (κ2) is 14.6. The Morgan fingerprint density at radius 1 is 0.484 bits per heavy atom. The van der Waals surface area contributed by atoms with Crippen LogP contribution in [-0.2, 0) is 5.41 Å². The molecule has 12 rings (SSSR count). The summed E-state index contributed by atoms with van der Waals surface area (Å²) in [5.74, 6) is 0.812. The summed E-state index contributed by atoms with van der Waals surface area (Å²) in [6, 6.07) is 74.2. The fourth-order valence-electron chi connectivity index (χ4n) is 10.3. The van der Waals surface area contributed by atoms with Gasteiger partial charge >= 0.3 is 0 Å². The quantitative estimate of drug-likeness (QED) is 0.174. The molecule has 0 fully saturated rings. The zero-order valence-corrected chi connectivity index (χ0v) is 34.5. The molecule has 1 atom stereocenters. The Kier molecular flexibility index (Phi) is 8.52. The minimum absolute atomic E-state index is 0.112. The summed E-state index contributed by atoms with van der Waals surface area (Å²) in [5, 5.41) is 9.53. The Morgan fingerprint density at radius 3 is 1.74 bits per heavy atom. The molecule has 0 saturated heterocycles. The number of aromatic nitrogens is 2. The van der Waals surface area contributed by atoms with E-state index < -0.39 is 5.41 Å². The second-order valence-corrected chi connectivity index (χ2v) is 17.3. The van der Waals surface area contributed by atoms with Gasteiger partial charge in [-0.15, -0.1) is 0 Å². The van der Waals surface area contributed by atoms with Gasteiger partial charge in [-0.25, -0.2) is 9.97 Å². The Balaban J connectivity index is 1.11. The van der Waals surface area contributed by atoms with E-state index in [0.29, 0.717) is 11.4 Å². The first kappa shape index (κ1) is 36.3. The molecule has 3 aliphatic rings. The zero-order chi connectivity index (χ0) is 41.2. The minimum atomic E-state index is -0.530. The molecule has 290 valence electrons. The fraction of sp³-hybridized carbons (Fsp3) is 0.0517. The van der Waals surface area contributed by atoms with Gasteiger partial charge in [0, 0.05) is 32.4 Å². The van der Waals surface area contributed by atoms with Crippen LogP contribution in [0.2, 0.25) is 0 Å². The van der Waals surface area contributed by atoms with Crippen molar-refractivity contribution in [3.05, 3.63) is 256 Å². The highest BCUT2D eigenvalue weighted by molar-refractivity contribution is 7.99. The Hall–Kier alpha value is -7.58. The monoisotopic (exact) mass is 807 g/mol. The van der Waals surface area contributed by atoms with E-state index >= 15 is 0 Å². The van der Waals surface area contributed by atoms with E-state index in [1.165, 1.54) is 65.4 Å². The van der Waals surface area contributed by atoms with Gasteiger partial charge in [0.2, 0.25) is 0 Å². The van der Waals surface area contributed by atoms with E-state index in [9.17, 15) is 5.26 Å². The molecule has 1 unspecified atom stereocenters. The molecule has 0 amide bonds. The van der Waals surface area contributed by atoms with Crippen LogP contribution in [0.3, 0.4) is 0 Å². The maximum Gasteiger partial charge on any atom is 0.160 e. The van der Waals surface area contributed by atoms with Crippen LogP contribution in [-0.4, -0.2) is 9.97 Å². The van der Waals surface area contributed by atoms with Gasteiger partial charge in [0.1, 0.15) is 0 Å². The molecule has 2 aliphatic carbocycles. The van der Waals surface area contributed by atoms with Crippen molar-refractivity contribution in [3.63, 3.8) is 0 Å². The summed E-state index contributed by atoms with van der Waals surface area (Å²) >= 11 is 1.87. The van der Waals surface area contributed by atoms with E-state index in [0.717, 1.165) is 40.1 Å². The van der Waals surface area contributed by atoms with Gasteiger partial charge < -0.3 is 0 Å². The van der Waals surface area contributed by atoms with Crippen LogP contribution < -0.4 is 0 Å². The normalized spacial score (nSPS) is 15.0. The number of hydrogen-bond donors (Lipinski definition) is 0. The van der Waals surface area contributed by atoms with Gasteiger partial charge in [-0.1, -0.05) is 182 Å². The van der Waals surface area contributed by atoms with Crippen LogP contribution in [0.4, 0.5) is 0 Å². The fourth-order valence-corrected chi connectivity index (χ4v) is 11.5. The SMILES string of the molecule is N#Cc1ccc(C2=CCC(c3cccc4c3-c3cc(-c5nc(-c6ccccc6)cc(-c6ccccc6)n5)ccc3C43c4ccccc4Sc4ccccc43)c3ccccc32)cc1. The van der Waals surface area contributed by atoms with E-state index in [1.54, 1.807) is 0 Å². The molecule has 0 bridgehead atoms. The first-order valence-electron chi connectivity index (χ1n) is 21.1. The third-order valence-electron chi connectivity index (χ3n) is 13.0. The molecule has 1 spiro atoms. The number of allylic oxidation sites excluding steroid dienone is 1. The molecule has 3 nitrogen and oxygen atoms in total. The van der Waals surface area contributed by atoms with Gasteiger partial charge in [0.15, 0.2) is 5.82 Å². The summed E-state index contributed by atoms with van der Waals surface area (Å²) in [6.07, 6.45) is 3.25. The van der Waals surface area contributed by atoms with Gasteiger partial charge in [-0.05, 0) is 104 Å². The number of rotatable bonds is 5. The highest BCUT2D eigenvalue weighted by Gasteiger charge is 2.51. The predicted octanol–water partition coefficient (Wildman–Crippen LogP) is 14.1. The maximum absolute atomic E-state index is 9.53. The molecule has 62 heavy (non-hydrogen) atoms. The lowest BCUT2D eigenvalue weighted by molar-refractivity contribution is 0.720. The standard InChI is InChI=1S/C58H37N3S/c59-36-37-26-28-38(29-27-37)42-31-32-45(44-19-8-7-18-43(42)44)46-20-13-23-51-56(46)47-34-41(57-60-52(39-14-3-1-4-15-39)35-53(61-57)40-16-5-2-6-17-40)30-33-48(47)58(51)49-21-9-11-24-54(49)62-55-25-12-10-22-50(55)58/h1-31,33-35,45H,32H2. The Bertz CT molecular complexity index is 3200. The summed E-state index contributed by atoms with van der Waals surface area (Å²) in [5.41, 5.74) is 18.9. The van der Waals surface area contributed by atoms with Crippen molar-refractivity contribution in [1.29, 1.82) is 5.26 Å². The minimum Gasteiger partial charge on any atom is -0.228 e. The van der Waals surface area contributed by atoms with Crippen molar-refractivity contribution in [1.82, 2.24) is 9.97 Å². The van der Waals surface area contributed by atoms with Crippen LogP contribution in [0.15, 0.2) is 216 Å². The van der Waals surface area contributed by atoms with Crippen molar-refractivity contribution < 1.29 is 0 Å². The topological polar surface area (TPSA) is 49.6 Å². The molecule has 0 saturated carbocycles. The van der Waals surface area contributed by atoms with Crippen molar-refractivity contribution >= 4 is 17.3 Å². The second-order valence-electron chi connectivity index (χ2n) is 16.3. The van der Waals surface area contributed by atoms with E-state index in [1.807, 2.05) is 36.0 Å². The number of nitriles is 1. The van der Waals surface area contributed by atoms with Gasteiger partial charge in [-0.2, -0.15) is 5.26 Å². The van der Waals surface area contributed by atoms with Gasteiger partial charge in [0.05, 0.1) is 28.4 Å². The lowest BCUT2D eigenvalue weighted by atomic mass is 9.67. The molecule has 2 heterocycles. The molecule has 1 aliphatic heterocycles. The van der Waals surface area contributed by atoms with Crippen LogP contribution in [0, 0.1) is 11.3 Å². The molecular weight excluding hydrogens is 771 g/mol.